The predicted octanol–water partition coefficient (Wildman–Crippen LogP) is 0.767. The first-order valence-corrected chi connectivity index (χ1v) is 7.46. The van der Waals surface area contributed by atoms with Gasteiger partial charge in [-0.3, -0.25) is 15.6 Å². The molecule has 0 aliphatic heterocycles. The summed E-state index contributed by atoms with van der Waals surface area (Å²) in [6.45, 7) is 1.78. The number of nitrogens with one attached hydrogen (secondary N) is 4. The number of carbonyl (C=O) groups is 1. The Morgan fingerprint density at radius 1 is 1.00 bits per heavy atom. The van der Waals surface area contributed by atoms with Gasteiger partial charge in [-0.25, -0.2) is 0 Å². The molecule has 0 heterocycles. The number of nitrogens with zero attached hydrogens (tertiary/aromatic N) is 2. The summed E-state index contributed by atoms with van der Waals surface area (Å²) in [5.41, 5.74) is 7.94. The van der Waals surface area contributed by atoms with Crippen molar-refractivity contribution in [3.05, 3.63) is 35.4 Å². The first-order chi connectivity index (χ1) is 11.0. The highest BCUT2D eigenvalue weighted by molar-refractivity contribution is 7.80. The molecule has 0 saturated carbocycles. The lowest BCUT2D eigenvalue weighted by Crippen LogP contribution is -2.32. The summed E-state index contributed by atoms with van der Waals surface area (Å²) in [6, 6.07) is 6.96. The Labute approximate surface area is 145 Å². The molecule has 7 nitrogen and oxygen atoms in total. The van der Waals surface area contributed by atoms with Crippen LogP contribution >= 0.6 is 24.4 Å². The van der Waals surface area contributed by atoms with Crippen LogP contribution in [0, 0.1) is 0 Å². The second kappa shape index (κ2) is 9.59. The van der Waals surface area contributed by atoms with E-state index in [1.54, 1.807) is 45.3 Å². The van der Waals surface area contributed by atoms with E-state index in [9.17, 15) is 4.79 Å². The molecule has 9 heteroatoms. The SMILES string of the molecule is CNC(=S)NN=C(C)C(=NNC(=S)NC)c1ccc(C=O)cc1. The third-order valence-corrected chi connectivity index (χ3v) is 3.30. The number of aldehydes is 1. The summed E-state index contributed by atoms with van der Waals surface area (Å²) in [6.07, 6.45) is 0.781. The smallest absolute Gasteiger partial charge is 0.186 e. The zero-order valence-electron chi connectivity index (χ0n) is 13.0. The van der Waals surface area contributed by atoms with Gasteiger partial charge in [-0.15, -0.1) is 0 Å². The molecule has 1 rings (SSSR count). The van der Waals surface area contributed by atoms with Crippen molar-refractivity contribution in [2.75, 3.05) is 14.1 Å². The van der Waals surface area contributed by atoms with Crippen LogP contribution in [0.25, 0.3) is 0 Å². The molecule has 122 valence electrons. The van der Waals surface area contributed by atoms with E-state index in [1.165, 1.54) is 0 Å². The number of thiocarbonyl (C=S) groups is 2. The number of benzene rings is 1. The molecule has 0 saturated heterocycles. The molecule has 1 aromatic carbocycles. The van der Waals surface area contributed by atoms with Crippen LogP contribution in [0.2, 0.25) is 0 Å². The molecule has 0 aromatic heterocycles. The van der Waals surface area contributed by atoms with Crippen LogP contribution in [-0.2, 0) is 0 Å². The van der Waals surface area contributed by atoms with Gasteiger partial charge in [-0.05, 0) is 31.4 Å². The minimum absolute atomic E-state index is 0.374. The van der Waals surface area contributed by atoms with Crippen molar-refractivity contribution in [3.63, 3.8) is 0 Å². The van der Waals surface area contributed by atoms with Gasteiger partial charge in [0.2, 0.25) is 0 Å². The van der Waals surface area contributed by atoms with Crippen molar-refractivity contribution in [3.8, 4) is 0 Å². The topological polar surface area (TPSA) is 89.9 Å². The lowest BCUT2D eigenvalue weighted by Gasteiger charge is -2.09. The molecule has 23 heavy (non-hydrogen) atoms. The highest BCUT2D eigenvalue weighted by Gasteiger charge is 2.09. The van der Waals surface area contributed by atoms with Gasteiger partial charge in [0.25, 0.3) is 0 Å². The van der Waals surface area contributed by atoms with E-state index in [1.807, 2.05) is 0 Å². The second-order valence-corrected chi connectivity index (χ2v) is 5.10. The first kappa shape index (κ1) is 18.7. The monoisotopic (exact) mass is 350 g/mol. The highest BCUT2D eigenvalue weighted by atomic mass is 32.1. The summed E-state index contributed by atoms with van der Waals surface area (Å²) in [5, 5.41) is 14.7. The predicted molar refractivity (Wildman–Crippen MR) is 101 cm³/mol. The molecule has 0 atom stereocenters. The van der Waals surface area contributed by atoms with Gasteiger partial charge in [0, 0.05) is 25.2 Å². The Morgan fingerprint density at radius 3 is 2.00 bits per heavy atom. The number of rotatable bonds is 5. The lowest BCUT2D eigenvalue weighted by atomic mass is 10.1. The summed E-state index contributed by atoms with van der Waals surface area (Å²) in [5.74, 6) is 0. The number of hydrogen-bond acceptors (Lipinski definition) is 5. The Morgan fingerprint density at radius 2 is 1.52 bits per heavy atom. The average Bonchev–Trinajstić information content (AvgIpc) is 2.59. The maximum absolute atomic E-state index is 10.8. The van der Waals surface area contributed by atoms with Crippen LogP contribution in [0.3, 0.4) is 0 Å². The molecule has 0 spiro atoms. The van der Waals surface area contributed by atoms with Crippen LogP contribution in [0.15, 0.2) is 34.5 Å². The van der Waals surface area contributed by atoms with Gasteiger partial charge in [0.15, 0.2) is 10.2 Å². The molecular formula is C14H18N6OS2. The van der Waals surface area contributed by atoms with E-state index in [-0.39, 0.29) is 0 Å². The zero-order valence-corrected chi connectivity index (χ0v) is 14.6. The summed E-state index contributed by atoms with van der Waals surface area (Å²) < 4.78 is 0. The van der Waals surface area contributed by atoms with Gasteiger partial charge >= 0.3 is 0 Å². The van der Waals surface area contributed by atoms with E-state index < -0.39 is 0 Å². The quantitative estimate of drug-likeness (QED) is 0.270. The Kier molecular flexibility index (Phi) is 7.78. The molecule has 0 amide bonds. The molecule has 0 unspecified atom stereocenters. The summed E-state index contributed by atoms with van der Waals surface area (Å²) in [7, 11) is 3.39. The Bertz CT molecular complexity index is 639. The molecule has 0 aliphatic rings. The molecule has 4 N–H and O–H groups in total. The van der Waals surface area contributed by atoms with Gasteiger partial charge < -0.3 is 10.6 Å². The van der Waals surface area contributed by atoms with Crippen LogP contribution in [0.5, 0.6) is 0 Å². The molecule has 0 bridgehead atoms. The van der Waals surface area contributed by atoms with E-state index >= 15 is 0 Å². The fraction of sp³-hybridized carbons (Fsp3) is 0.214. The molecule has 0 fully saturated rings. The standard InChI is InChI=1S/C14H18N6OS2/c1-9(17-19-13(22)15-2)12(18-20-14(23)16-3)11-6-4-10(8-21)5-7-11/h4-8H,1-3H3,(H2,15,19,22)(H2,16,20,23). The van der Waals surface area contributed by atoms with Gasteiger partial charge in [-0.2, -0.15) is 10.2 Å². The highest BCUT2D eigenvalue weighted by Crippen LogP contribution is 2.06. The molecule has 1 aromatic rings. The minimum atomic E-state index is 0.374. The maximum Gasteiger partial charge on any atom is 0.186 e. The fourth-order valence-electron chi connectivity index (χ4n) is 1.48. The average molecular weight is 350 g/mol. The first-order valence-electron chi connectivity index (χ1n) is 6.65. The van der Waals surface area contributed by atoms with Gasteiger partial charge in [-0.1, -0.05) is 24.3 Å². The molecular weight excluding hydrogens is 332 g/mol. The third-order valence-electron chi connectivity index (χ3n) is 2.71. The van der Waals surface area contributed by atoms with E-state index in [4.69, 9.17) is 24.4 Å². The van der Waals surface area contributed by atoms with Gasteiger partial charge in [0.05, 0.1) is 5.71 Å². The summed E-state index contributed by atoms with van der Waals surface area (Å²) >= 11 is 9.99. The largest absolute Gasteiger partial charge is 0.364 e. The molecule has 0 radical (unpaired) electrons. The second-order valence-electron chi connectivity index (χ2n) is 4.28. The van der Waals surface area contributed by atoms with Crippen LogP contribution < -0.4 is 21.5 Å². The van der Waals surface area contributed by atoms with Crippen LogP contribution in [-0.4, -0.2) is 42.0 Å². The normalized spacial score (nSPS) is 11.4. The van der Waals surface area contributed by atoms with Crippen LogP contribution in [0.1, 0.15) is 22.8 Å². The third kappa shape index (κ3) is 6.09. The maximum atomic E-state index is 10.8. The van der Waals surface area contributed by atoms with E-state index in [2.05, 4.69) is 31.7 Å². The number of carbonyl (C=O) groups excluding carboxylic acids is 1. The summed E-state index contributed by atoms with van der Waals surface area (Å²) in [4.78, 5) is 10.8. The Balaban J connectivity index is 3.11. The zero-order chi connectivity index (χ0) is 17.2. The van der Waals surface area contributed by atoms with Gasteiger partial charge in [0.1, 0.15) is 12.0 Å². The number of hydrogen-bond donors (Lipinski definition) is 4. The van der Waals surface area contributed by atoms with Crippen molar-refractivity contribution < 1.29 is 4.79 Å². The fourth-order valence-corrected chi connectivity index (χ4v) is 1.57. The van der Waals surface area contributed by atoms with Crippen LogP contribution in [0.4, 0.5) is 0 Å². The van der Waals surface area contributed by atoms with Crippen molar-refractivity contribution in [1.82, 2.24) is 21.5 Å². The number of hydrazone groups is 2. The van der Waals surface area contributed by atoms with Crippen molar-refractivity contribution in [2.24, 2.45) is 10.2 Å². The van der Waals surface area contributed by atoms with E-state index in [0.717, 1.165) is 11.8 Å². The van der Waals surface area contributed by atoms with Crippen molar-refractivity contribution >= 4 is 52.4 Å². The lowest BCUT2D eigenvalue weighted by molar-refractivity contribution is 0.112. The van der Waals surface area contributed by atoms with E-state index in [0.29, 0.717) is 27.2 Å². The van der Waals surface area contributed by atoms with Crippen molar-refractivity contribution in [2.45, 2.75) is 6.92 Å². The molecule has 0 aliphatic carbocycles. The van der Waals surface area contributed by atoms with Crippen molar-refractivity contribution in [1.29, 1.82) is 0 Å². The minimum Gasteiger partial charge on any atom is -0.364 e. The Hall–Kier alpha value is -2.39.